The molecule has 10 nitrogen and oxygen atoms in total. The molecule has 33 heavy (non-hydrogen) atoms. The van der Waals surface area contributed by atoms with Crippen molar-refractivity contribution in [3.8, 4) is 5.69 Å². The fraction of sp³-hybridized carbons (Fsp3) is 0.273. The van der Waals surface area contributed by atoms with Crippen molar-refractivity contribution in [1.29, 1.82) is 0 Å². The van der Waals surface area contributed by atoms with Gasteiger partial charge in [-0.1, -0.05) is 18.9 Å². The van der Waals surface area contributed by atoms with Gasteiger partial charge in [-0.3, -0.25) is 14.9 Å². The molecule has 172 valence electrons. The zero-order chi connectivity index (χ0) is 23.4. The van der Waals surface area contributed by atoms with Crippen molar-refractivity contribution in [2.45, 2.75) is 30.6 Å². The minimum Gasteiger partial charge on any atom is -0.322 e. The van der Waals surface area contributed by atoms with E-state index in [1.165, 1.54) is 51.7 Å². The molecule has 1 N–H and O–H groups in total. The highest BCUT2D eigenvalue weighted by Gasteiger charge is 2.25. The Morgan fingerprint density at radius 3 is 2.48 bits per heavy atom. The third-order valence-corrected chi connectivity index (χ3v) is 7.41. The van der Waals surface area contributed by atoms with Gasteiger partial charge in [0.15, 0.2) is 0 Å². The van der Waals surface area contributed by atoms with Crippen LogP contribution in [0.25, 0.3) is 5.69 Å². The van der Waals surface area contributed by atoms with E-state index in [0.29, 0.717) is 13.1 Å². The van der Waals surface area contributed by atoms with E-state index in [1.54, 1.807) is 18.3 Å². The summed E-state index contributed by atoms with van der Waals surface area (Å²) < 4.78 is 29.1. The lowest BCUT2D eigenvalue weighted by atomic mass is 10.1. The summed E-state index contributed by atoms with van der Waals surface area (Å²) >= 11 is 0. The fourth-order valence-electron chi connectivity index (χ4n) is 3.80. The van der Waals surface area contributed by atoms with E-state index in [9.17, 15) is 23.3 Å². The highest BCUT2D eigenvalue weighted by Crippen LogP contribution is 2.26. The minimum atomic E-state index is -3.67. The molecule has 0 bridgehead atoms. The monoisotopic (exact) mass is 469 g/mol. The Kier molecular flexibility index (Phi) is 6.52. The predicted octanol–water partition coefficient (Wildman–Crippen LogP) is 3.60. The lowest BCUT2D eigenvalue weighted by molar-refractivity contribution is -0.384. The Balaban J connectivity index is 1.57. The largest absolute Gasteiger partial charge is 0.322 e. The van der Waals surface area contributed by atoms with Gasteiger partial charge in [-0.25, -0.2) is 13.4 Å². The molecule has 3 aromatic rings. The van der Waals surface area contributed by atoms with Crippen molar-refractivity contribution in [3.05, 3.63) is 76.9 Å². The van der Waals surface area contributed by atoms with E-state index < -0.39 is 20.9 Å². The van der Waals surface area contributed by atoms with Crippen LogP contribution in [0.15, 0.2) is 66.1 Å². The molecule has 0 unspecified atom stereocenters. The van der Waals surface area contributed by atoms with Gasteiger partial charge >= 0.3 is 0 Å². The van der Waals surface area contributed by atoms with Crippen LogP contribution in [0.3, 0.4) is 0 Å². The van der Waals surface area contributed by atoms with Gasteiger partial charge in [0.1, 0.15) is 5.69 Å². The number of carbonyl (C=O) groups is 1. The summed E-state index contributed by atoms with van der Waals surface area (Å²) in [5.74, 6) is -0.584. The number of imidazole rings is 1. The van der Waals surface area contributed by atoms with Crippen LogP contribution in [0.1, 0.15) is 36.0 Å². The summed E-state index contributed by atoms with van der Waals surface area (Å²) in [5.41, 5.74) is 0.390. The lowest BCUT2D eigenvalue weighted by Crippen LogP contribution is -2.32. The van der Waals surface area contributed by atoms with Gasteiger partial charge in [0.25, 0.3) is 11.6 Å². The first-order chi connectivity index (χ1) is 15.9. The first-order valence-electron chi connectivity index (χ1n) is 10.5. The highest BCUT2D eigenvalue weighted by atomic mass is 32.2. The van der Waals surface area contributed by atoms with Crippen LogP contribution in [0.4, 0.5) is 11.4 Å². The molecule has 1 aliphatic rings. The first-order valence-corrected chi connectivity index (χ1v) is 12.0. The molecule has 0 aliphatic carbocycles. The summed E-state index contributed by atoms with van der Waals surface area (Å²) in [6.07, 6.45) is 8.16. The summed E-state index contributed by atoms with van der Waals surface area (Å²) in [7, 11) is -3.67. The van der Waals surface area contributed by atoms with Crippen molar-refractivity contribution >= 4 is 27.3 Å². The van der Waals surface area contributed by atoms with Crippen LogP contribution in [0, 0.1) is 10.1 Å². The first kappa shape index (κ1) is 22.6. The molecule has 4 rings (SSSR count). The number of hydrogen-bond acceptors (Lipinski definition) is 6. The standard InChI is InChI=1S/C22H23N5O5S/c28-22(17-8-9-20(21(14-17)27(29)30)25-13-10-23-16-25)24-18-6-5-7-19(15-18)33(31,32)26-11-3-1-2-4-12-26/h5-10,13-16H,1-4,11-12H2,(H,24,28). The Morgan fingerprint density at radius 1 is 1.06 bits per heavy atom. The maximum atomic E-state index is 13.0. The minimum absolute atomic E-state index is 0.0753. The zero-order valence-corrected chi connectivity index (χ0v) is 18.6. The Morgan fingerprint density at radius 2 is 1.82 bits per heavy atom. The van der Waals surface area contributed by atoms with Crippen LogP contribution in [0.5, 0.6) is 0 Å². The van der Waals surface area contributed by atoms with Crippen molar-refractivity contribution < 1.29 is 18.1 Å². The van der Waals surface area contributed by atoms with Gasteiger partial charge < -0.3 is 9.88 Å². The van der Waals surface area contributed by atoms with E-state index >= 15 is 0 Å². The van der Waals surface area contributed by atoms with Crippen LogP contribution in [0.2, 0.25) is 0 Å². The van der Waals surface area contributed by atoms with E-state index in [4.69, 9.17) is 0 Å². The molecule has 1 amide bonds. The van der Waals surface area contributed by atoms with Crippen molar-refractivity contribution in [2.75, 3.05) is 18.4 Å². The van der Waals surface area contributed by atoms with Crippen LogP contribution in [-0.2, 0) is 10.0 Å². The molecular formula is C22H23N5O5S. The molecule has 1 fully saturated rings. The predicted molar refractivity (Wildman–Crippen MR) is 122 cm³/mol. The molecule has 1 aromatic heterocycles. The Bertz CT molecular complexity index is 1270. The second kappa shape index (κ2) is 9.51. The Hall–Kier alpha value is -3.57. The van der Waals surface area contributed by atoms with Gasteiger partial charge in [0, 0.05) is 42.8 Å². The number of amides is 1. The number of benzene rings is 2. The van der Waals surface area contributed by atoms with Crippen LogP contribution in [-0.4, -0.2) is 46.2 Å². The number of aromatic nitrogens is 2. The zero-order valence-electron chi connectivity index (χ0n) is 17.8. The van der Waals surface area contributed by atoms with Gasteiger partial charge in [-0.05, 0) is 43.2 Å². The molecule has 1 aliphatic heterocycles. The number of nitrogens with zero attached hydrogens (tertiary/aromatic N) is 4. The number of sulfonamides is 1. The van der Waals surface area contributed by atoms with Gasteiger partial charge in [0.2, 0.25) is 10.0 Å². The molecule has 0 radical (unpaired) electrons. The normalized spacial score (nSPS) is 15.0. The number of nitrogens with one attached hydrogen (secondary N) is 1. The molecule has 0 saturated carbocycles. The lowest BCUT2D eigenvalue weighted by Gasteiger charge is -2.20. The number of nitro benzene ring substituents is 1. The van der Waals surface area contributed by atoms with Gasteiger partial charge in [-0.2, -0.15) is 4.31 Å². The van der Waals surface area contributed by atoms with E-state index in [1.807, 2.05) is 0 Å². The number of carbonyl (C=O) groups excluding carboxylic acids is 1. The van der Waals surface area contributed by atoms with E-state index in [2.05, 4.69) is 10.3 Å². The quantitative estimate of drug-likeness (QED) is 0.434. The van der Waals surface area contributed by atoms with Crippen LogP contribution >= 0.6 is 0 Å². The SMILES string of the molecule is O=C(Nc1cccc(S(=O)(=O)N2CCCCCC2)c1)c1ccc(-n2ccnc2)c([N+](=O)[O-])c1. The number of nitro groups is 1. The smallest absolute Gasteiger partial charge is 0.294 e. The molecule has 11 heteroatoms. The van der Waals surface area contributed by atoms with Gasteiger partial charge in [0.05, 0.1) is 16.1 Å². The maximum absolute atomic E-state index is 13.0. The molecule has 2 heterocycles. The third-order valence-electron chi connectivity index (χ3n) is 5.51. The van der Waals surface area contributed by atoms with Gasteiger partial charge in [-0.15, -0.1) is 0 Å². The van der Waals surface area contributed by atoms with Crippen LogP contribution < -0.4 is 5.32 Å². The second-order valence-electron chi connectivity index (χ2n) is 7.73. The number of anilines is 1. The average molecular weight is 470 g/mol. The summed E-state index contributed by atoms with van der Waals surface area (Å²) in [5, 5.41) is 14.2. The van der Waals surface area contributed by atoms with Crippen molar-refractivity contribution in [1.82, 2.24) is 13.9 Å². The topological polar surface area (TPSA) is 127 Å². The summed E-state index contributed by atoms with van der Waals surface area (Å²) in [6, 6.07) is 10.2. The van der Waals surface area contributed by atoms with E-state index in [0.717, 1.165) is 25.7 Å². The molecular weight excluding hydrogens is 446 g/mol. The molecule has 1 saturated heterocycles. The van der Waals surface area contributed by atoms with E-state index in [-0.39, 0.29) is 27.5 Å². The van der Waals surface area contributed by atoms with Crippen molar-refractivity contribution in [3.63, 3.8) is 0 Å². The number of hydrogen-bond donors (Lipinski definition) is 1. The second-order valence-corrected chi connectivity index (χ2v) is 9.67. The molecule has 0 spiro atoms. The average Bonchev–Trinajstić information content (AvgIpc) is 3.20. The fourth-order valence-corrected chi connectivity index (χ4v) is 5.36. The van der Waals surface area contributed by atoms with Crippen molar-refractivity contribution in [2.24, 2.45) is 0 Å². The Labute approximate surface area is 191 Å². The maximum Gasteiger partial charge on any atom is 0.294 e. The highest BCUT2D eigenvalue weighted by molar-refractivity contribution is 7.89. The molecule has 2 aromatic carbocycles. The molecule has 0 atom stereocenters. The summed E-state index contributed by atoms with van der Waals surface area (Å²) in [6.45, 7) is 0.956. The number of rotatable bonds is 6. The summed E-state index contributed by atoms with van der Waals surface area (Å²) in [4.78, 5) is 27.8. The third kappa shape index (κ3) is 4.94.